The Labute approximate surface area is 103 Å². The van der Waals surface area contributed by atoms with Crippen molar-refractivity contribution in [3.63, 3.8) is 0 Å². The fourth-order valence-corrected chi connectivity index (χ4v) is 3.10. The molecule has 16 heavy (non-hydrogen) atoms. The third kappa shape index (κ3) is 2.47. The lowest BCUT2D eigenvalue weighted by Gasteiger charge is -2.12. The van der Waals surface area contributed by atoms with Crippen LogP contribution in [-0.4, -0.2) is 26.3 Å². The van der Waals surface area contributed by atoms with Gasteiger partial charge in [0.1, 0.15) is 10.7 Å². The van der Waals surface area contributed by atoms with Crippen molar-refractivity contribution in [2.45, 2.75) is 11.4 Å². The van der Waals surface area contributed by atoms with Crippen LogP contribution in [0.25, 0.3) is 0 Å². The second-order valence-corrected chi connectivity index (χ2v) is 5.75. The van der Waals surface area contributed by atoms with Crippen molar-refractivity contribution in [1.29, 1.82) is 0 Å². The van der Waals surface area contributed by atoms with Gasteiger partial charge in [-0.05, 0) is 15.9 Å². The summed E-state index contributed by atoms with van der Waals surface area (Å²) in [5, 5.41) is 0. The normalized spacial score (nSPS) is 11.7. The summed E-state index contributed by atoms with van der Waals surface area (Å²) in [4.78, 5) is 0.0331. The number of nitrogens with two attached hydrogens (primary N) is 1. The summed E-state index contributed by atoms with van der Waals surface area (Å²) >= 11 is 3.03. The van der Waals surface area contributed by atoms with Crippen molar-refractivity contribution < 1.29 is 12.8 Å². The zero-order chi connectivity index (χ0) is 12.3. The number of sulfonamides is 1. The minimum absolute atomic E-state index is 0.00207. The SMILES string of the molecule is C#CCN(C)S(=O)(=O)c1cc(CN)oc1Br. The molecule has 1 rings (SSSR count). The molecule has 0 aliphatic heterocycles. The molecular formula is C9H11BrN2O3S. The highest BCUT2D eigenvalue weighted by Gasteiger charge is 2.26. The van der Waals surface area contributed by atoms with Gasteiger partial charge in [-0.15, -0.1) is 6.42 Å². The first-order valence-electron chi connectivity index (χ1n) is 4.31. The Hall–Kier alpha value is -0.810. The van der Waals surface area contributed by atoms with E-state index in [1.54, 1.807) is 0 Å². The zero-order valence-electron chi connectivity index (χ0n) is 8.60. The summed E-state index contributed by atoms with van der Waals surface area (Å²) in [6.07, 6.45) is 5.06. The highest BCUT2D eigenvalue weighted by atomic mass is 79.9. The van der Waals surface area contributed by atoms with E-state index in [0.29, 0.717) is 5.76 Å². The molecule has 0 radical (unpaired) electrons. The maximum absolute atomic E-state index is 12.0. The second kappa shape index (κ2) is 5.01. The van der Waals surface area contributed by atoms with E-state index < -0.39 is 10.0 Å². The molecule has 5 nitrogen and oxygen atoms in total. The number of terminal acetylenes is 1. The van der Waals surface area contributed by atoms with Crippen LogP contribution in [0.2, 0.25) is 0 Å². The molecule has 0 aliphatic carbocycles. The monoisotopic (exact) mass is 306 g/mol. The zero-order valence-corrected chi connectivity index (χ0v) is 11.0. The van der Waals surface area contributed by atoms with Gasteiger partial charge in [-0.2, -0.15) is 4.31 Å². The van der Waals surface area contributed by atoms with E-state index in [0.717, 1.165) is 4.31 Å². The number of nitrogens with zero attached hydrogens (tertiary/aromatic N) is 1. The van der Waals surface area contributed by atoms with E-state index in [1.807, 2.05) is 0 Å². The average molecular weight is 307 g/mol. The lowest BCUT2D eigenvalue weighted by Crippen LogP contribution is -2.27. The summed E-state index contributed by atoms with van der Waals surface area (Å²) in [6.45, 7) is 0.130. The van der Waals surface area contributed by atoms with Crippen LogP contribution in [0.4, 0.5) is 0 Å². The van der Waals surface area contributed by atoms with Gasteiger partial charge in [-0.1, -0.05) is 5.92 Å². The van der Waals surface area contributed by atoms with E-state index in [2.05, 4.69) is 21.9 Å². The van der Waals surface area contributed by atoms with Gasteiger partial charge >= 0.3 is 0 Å². The summed E-state index contributed by atoms with van der Waals surface area (Å²) in [6, 6.07) is 1.38. The fourth-order valence-electron chi connectivity index (χ4n) is 1.06. The first-order chi connectivity index (χ1) is 7.43. The first kappa shape index (κ1) is 13.3. The quantitative estimate of drug-likeness (QED) is 0.833. The molecule has 0 atom stereocenters. The summed E-state index contributed by atoms with van der Waals surface area (Å²) in [5.41, 5.74) is 5.35. The van der Waals surface area contributed by atoms with Gasteiger partial charge in [0.2, 0.25) is 10.0 Å². The van der Waals surface area contributed by atoms with Crippen molar-refractivity contribution >= 4 is 26.0 Å². The molecule has 1 aromatic rings. The lowest BCUT2D eigenvalue weighted by atomic mass is 10.5. The van der Waals surface area contributed by atoms with Crippen molar-refractivity contribution in [2.75, 3.05) is 13.6 Å². The Morgan fingerprint density at radius 3 is 2.75 bits per heavy atom. The molecule has 0 bridgehead atoms. The van der Waals surface area contributed by atoms with E-state index in [4.69, 9.17) is 16.6 Å². The summed E-state index contributed by atoms with van der Waals surface area (Å²) in [7, 11) is -2.23. The number of hydrogen-bond donors (Lipinski definition) is 1. The highest BCUT2D eigenvalue weighted by molar-refractivity contribution is 9.10. The molecule has 0 saturated carbocycles. The summed E-state index contributed by atoms with van der Waals surface area (Å²) < 4.78 is 30.3. The minimum Gasteiger partial charge on any atom is -0.452 e. The first-order valence-corrected chi connectivity index (χ1v) is 6.55. The molecule has 0 fully saturated rings. The van der Waals surface area contributed by atoms with Crippen molar-refractivity contribution in [1.82, 2.24) is 4.31 Å². The Bertz CT molecular complexity index is 515. The average Bonchev–Trinajstić information content (AvgIpc) is 2.60. The van der Waals surface area contributed by atoms with Crippen LogP contribution in [0.5, 0.6) is 0 Å². The van der Waals surface area contributed by atoms with Crippen LogP contribution in [0.3, 0.4) is 0 Å². The molecule has 0 spiro atoms. The Morgan fingerprint density at radius 1 is 1.69 bits per heavy atom. The molecule has 0 saturated heterocycles. The summed E-state index contributed by atoms with van der Waals surface area (Å²) in [5.74, 6) is 2.65. The third-order valence-corrected chi connectivity index (χ3v) is 4.57. The predicted molar refractivity (Wildman–Crippen MR) is 62.9 cm³/mol. The Morgan fingerprint density at radius 2 is 2.31 bits per heavy atom. The topological polar surface area (TPSA) is 76.5 Å². The minimum atomic E-state index is -3.63. The Balaban J connectivity index is 3.17. The van der Waals surface area contributed by atoms with Gasteiger partial charge in [-0.3, -0.25) is 0 Å². The molecule has 1 heterocycles. The van der Waals surface area contributed by atoms with Gasteiger partial charge in [0.05, 0.1) is 13.1 Å². The van der Waals surface area contributed by atoms with E-state index in [1.165, 1.54) is 13.1 Å². The molecular weight excluding hydrogens is 296 g/mol. The van der Waals surface area contributed by atoms with Crippen LogP contribution in [0.1, 0.15) is 5.76 Å². The third-order valence-electron chi connectivity index (χ3n) is 1.91. The maximum atomic E-state index is 12.0. The number of furan rings is 1. The van der Waals surface area contributed by atoms with Gasteiger partial charge in [-0.25, -0.2) is 8.42 Å². The molecule has 0 unspecified atom stereocenters. The van der Waals surface area contributed by atoms with Crippen LogP contribution in [0.15, 0.2) is 20.0 Å². The largest absolute Gasteiger partial charge is 0.452 e. The predicted octanol–water partition coefficient (Wildman–Crippen LogP) is 0.755. The molecule has 7 heteroatoms. The van der Waals surface area contributed by atoms with Gasteiger partial charge < -0.3 is 10.2 Å². The smallest absolute Gasteiger partial charge is 0.248 e. The van der Waals surface area contributed by atoms with Crippen molar-refractivity contribution in [3.05, 3.63) is 16.5 Å². The fraction of sp³-hybridized carbons (Fsp3) is 0.333. The molecule has 1 aromatic heterocycles. The number of rotatable bonds is 4. The standard InChI is InChI=1S/C9H11BrN2O3S/c1-3-4-12(2)16(13,14)8-5-7(6-11)15-9(8)10/h1,5H,4,6,11H2,2H3. The molecule has 0 aliphatic rings. The van der Waals surface area contributed by atoms with Gasteiger partial charge in [0.25, 0.3) is 0 Å². The molecule has 0 aromatic carbocycles. The van der Waals surface area contributed by atoms with Crippen molar-refractivity contribution in [3.8, 4) is 12.3 Å². The highest BCUT2D eigenvalue weighted by Crippen LogP contribution is 2.27. The Kier molecular flexibility index (Phi) is 4.15. The second-order valence-electron chi connectivity index (χ2n) is 3.02. The van der Waals surface area contributed by atoms with E-state index >= 15 is 0 Å². The molecule has 0 amide bonds. The van der Waals surface area contributed by atoms with Gasteiger partial charge in [0, 0.05) is 13.1 Å². The number of hydrogen-bond acceptors (Lipinski definition) is 4. The van der Waals surface area contributed by atoms with Crippen LogP contribution >= 0.6 is 15.9 Å². The van der Waals surface area contributed by atoms with E-state index in [9.17, 15) is 8.42 Å². The van der Waals surface area contributed by atoms with Crippen molar-refractivity contribution in [2.24, 2.45) is 5.73 Å². The lowest BCUT2D eigenvalue weighted by molar-refractivity contribution is 0.476. The maximum Gasteiger partial charge on any atom is 0.248 e. The molecule has 2 N–H and O–H groups in total. The number of halogens is 1. The van der Waals surface area contributed by atoms with Crippen LogP contribution in [-0.2, 0) is 16.6 Å². The van der Waals surface area contributed by atoms with Crippen LogP contribution < -0.4 is 5.73 Å². The van der Waals surface area contributed by atoms with Crippen LogP contribution in [0, 0.1) is 12.3 Å². The van der Waals surface area contributed by atoms with Gasteiger partial charge in [0.15, 0.2) is 4.67 Å². The van der Waals surface area contributed by atoms with E-state index in [-0.39, 0.29) is 22.7 Å². The molecule has 88 valence electrons.